The monoisotopic (exact) mass is 379 g/mol. The molecular formula is C16H17N3O4S2. The lowest BCUT2D eigenvalue weighted by Gasteiger charge is -2.23. The number of anilines is 1. The van der Waals surface area contributed by atoms with E-state index in [1.807, 2.05) is 6.07 Å². The number of sulfonamides is 2. The van der Waals surface area contributed by atoms with Crippen molar-refractivity contribution >= 4 is 25.7 Å². The number of nitrogens with one attached hydrogen (secondary N) is 1. The minimum absolute atomic E-state index is 0.0957. The van der Waals surface area contributed by atoms with Crippen LogP contribution >= 0.6 is 0 Å². The quantitative estimate of drug-likeness (QED) is 0.780. The van der Waals surface area contributed by atoms with Crippen LogP contribution in [-0.2, 0) is 20.0 Å². The van der Waals surface area contributed by atoms with Crippen LogP contribution in [0.3, 0.4) is 0 Å². The summed E-state index contributed by atoms with van der Waals surface area (Å²) in [6.07, 6.45) is 1.01. The second-order valence-corrected chi connectivity index (χ2v) is 8.85. The van der Waals surface area contributed by atoms with Gasteiger partial charge < -0.3 is 0 Å². The summed E-state index contributed by atoms with van der Waals surface area (Å²) in [4.78, 5) is 0.0957. The highest BCUT2D eigenvalue weighted by atomic mass is 32.2. The van der Waals surface area contributed by atoms with Crippen molar-refractivity contribution in [3.05, 3.63) is 60.2 Å². The normalized spacial score (nSPS) is 11.7. The molecule has 0 atom stereocenters. The van der Waals surface area contributed by atoms with Gasteiger partial charge in [0.1, 0.15) is 6.07 Å². The first kappa shape index (κ1) is 18.9. The van der Waals surface area contributed by atoms with Gasteiger partial charge in [0.15, 0.2) is 0 Å². The van der Waals surface area contributed by atoms with Crippen LogP contribution in [0.5, 0.6) is 0 Å². The standard InChI is InChI=1S/C16H17N3O4S2/c1-24(20,21)19(16-10-6-5-7-14(16)13-17)12-11-18-25(22,23)15-8-3-2-4-9-15/h2-10,18H,11-12H2,1H3. The molecule has 132 valence electrons. The molecule has 0 saturated heterocycles. The minimum Gasteiger partial charge on any atom is -0.268 e. The predicted molar refractivity (Wildman–Crippen MR) is 95.0 cm³/mol. The molecule has 2 aromatic carbocycles. The molecule has 0 bridgehead atoms. The zero-order chi connectivity index (χ0) is 18.5. The predicted octanol–water partition coefficient (Wildman–Crippen LogP) is 1.30. The maximum absolute atomic E-state index is 12.2. The van der Waals surface area contributed by atoms with Crippen molar-refractivity contribution in [2.24, 2.45) is 0 Å². The fourth-order valence-electron chi connectivity index (χ4n) is 2.22. The van der Waals surface area contributed by atoms with E-state index in [0.717, 1.165) is 10.6 Å². The van der Waals surface area contributed by atoms with Gasteiger partial charge in [-0.3, -0.25) is 4.31 Å². The molecule has 0 spiro atoms. The Balaban J connectivity index is 2.19. The molecule has 0 aromatic heterocycles. The van der Waals surface area contributed by atoms with E-state index in [1.165, 1.54) is 24.3 Å². The first-order valence-electron chi connectivity index (χ1n) is 7.27. The van der Waals surface area contributed by atoms with E-state index in [-0.39, 0.29) is 29.2 Å². The fourth-order valence-corrected chi connectivity index (χ4v) is 4.20. The summed E-state index contributed by atoms with van der Waals surface area (Å²) < 4.78 is 51.9. The molecular weight excluding hydrogens is 362 g/mol. The van der Waals surface area contributed by atoms with Crippen LogP contribution in [0.1, 0.15) is 5.56 Å². The second kappa shape index (κ2) is 7.65. The van der Waals surface area contributed by atoms with Crippen LogP contribution in [-0.4, -0.2) is 36.2 Å². The summed E-state index contributed by atoms with van der Waals surface area (Å²) in [5.74, 6) is 0. The molecule has 0 aliphatic carbocycles. The number of rotatable bonds is 7. The van der Waals surface area contributed by atoms with Crippen molar-refractivity contribution in [3.63, 3.8) is 0 Å². The van der Waals surface area contributed by atoms with Crippen molar-refractivity contribution in [1.29, 1.82) is 5.26 Å². The summed E-state index contributed by atoms with van der Waals surface area (Å²) in [6, 6.07) is 16.0. The zero-order valence-corrected chi connectivity index (χ0v) is 15.1. The number of para-hydroxylation sites is 1. The van der Waals surface area contributed by atoms with Gasteiger partial charge in [0.25, 0.3) is 0 Å². The van der Waals surface area contributed by atoms with Crippen molar-refractivity contribution in [1.82, 2.24) is 4.72 Å². The first-order valence-corrected chi connectivity index (χ1v) is 10.6. The SMILES string of the molecule is CS(=O)(=O)N(CCNS(=O)(=O)c1ccccc1)c1ccccc1C#N. The van der Waals surface area contributed by atoms with E-state index in [1.54, 1.807) is 30.3 Å². The maximum Gasteiger partial charge on any atom is 0.240 e. The molecule has 9 heteroatoms. The average molecular weight is 379 g/mol. The van der Waals surface area contributed by atoms with E-state index in [9.17, 15) is 16.8 Å². The Bertz CT molecular complexity index is 982. The van der Waals surface area contributed by atoms with Gasteiger partial charge in [0, 0.05) is 13.1 Å². The Hall–Kier alpha value is -2.41. The molecule has 0 unspecified atom stereocenters. The van der Waals surface area contributed by atoms with E-state index >= 15 is 0 Å². The van der Waals surface area contributed by atoms with Gasteiger partial charge in [-0.15, -0.1) is 0 Å². The summed E-state index contributed by atoms with van der Waals surface area (Å²) in [6.45, 7) is -0.270. The molecule has 0 aliphatic rings. The highest BCUT2D eigenvalue weighted by Crippen LogP contribution is 2.21. The number of hydrogen-bond donors (Lipinski definition) is 1. The average Bonchev–Trinajstić information content (AvgIpc) is 2.58. The highest BCUT2D eigenvalue weighted by Gasteiger charge is 2.21. The lowest BCUT2D eigenvalue weighted by molar-refractivity contribution is 0.578. The molecule has 2 rings (SSSR count). The Kier molecular flexibility index (Phi) is 5.79. The second-order valence-electron chi connectivity index (χ2n) is 5.17. The van der Waals surface area contributed by atoms with E-state index in [2.05, 4.69) is 4.72 Å². The summed E-state index contributed by atoms with van der Waals surface area (Å²) >= 11 is 0. The lowest BCUT2D eigenvalue weighted by atomic mass is 10.2. The number of benzene rings is 2. The lowest BCUT2D eigenvalue weighted by Crippen LogP contribution is -2.38. The molecule has 0 saturated carbocycles. The van der Waals surface area contributed by atoms with Crippen LogP contribution in [0.2, 0.25) is 0 Å². The number of nitrogens with zero attached hydrogens (tertiary/aromatic N) is 2. The van der Waals surface area contributed by atoms with Crippen LogP contribution < -0.4 is 9.03 Å². The van der Waals surface area contributed by atoms with Crippen LogP contribution in [0.4, 0.5) is 5.69 Å². The van der Waals surface area contributed by atoms with Gasteiger partial charge in [-0.1, -0.05) is 30.3 Å². The Morgan fingerprint density at radius 2 is 1.60 bits per heavy atom. The van der Waals surface area contributed by atoms with Gasteiger partial charge in [0.2, 0.25) is 20.0 Å². The summed E-state index contributed by atoms with van der Waals surface area (Å²) in [5.41, 5.74) is 0.408. The van der Waals surface area contributed by atoms with Crippen LogP contribution in [0.25, 0.3) is 0 Å². The molecule has 0 heterocycles. The number of hydrogen-bond acceptors (Lipinski definition) is 5. The van der Waals surface area contributed by atoms with Gasteiger partial charge in [-0.05, 0) is 24.3 Å². The number of nitriles is 1. The van der Waals surface area contributed by atoms with E-state index in [0.29, 0.717) is 0 Å². The fraction of sp³-hybridized carbons (Fsp3) is 0.188. The van der Waals surface area contributed by atoms with Crippen LogP contribution in [0, 0.1) is 11.3 Å². The third kappa shape index (κ3) is 4.79. The molecule has 2 aromatic rings. The summed E-state index contributed by atoms with van der Waals surface area (Å²) in [5, 5.41) is 9.15. The topological polar surface area (TPSA) is 107 Å². The highest BCUT2D eigenvalue weighted by molar-refractivity contribution is 7.92. The van der Waals surface area contributed by atoms with Crippen molar-refractivity contribution < 1.29 is 16.8 Å². The molecule has 0 aliphatic heterocycles. The Morgan fingerprint density at radius 1 is 1.00 bits per heavy atom. The molecule has 0 radical (unpaired) electrons. The van der Waals surface area contributed by atoms with Crippen molar-refractivity contribution in [3.8, 4) is 6.07 Å². The van der Waals surface area contributed by atoms with Gasteiger partial charge in [-0.2, -0.15) is 5.26 Å². The maximum atomic E-state index is 12.2. The zero-order valence-electron chi connectivity index (χ0n) is 13.5. The third-order valence-corrected chi connectivity index (χ3v) is 6.01. The Labute approximate surface area is 147 Å². The molecule has 0 fully saturated rings. The first-order chi connectivity index (χ1) is 11.8. The molecule has 1 N–H and O–H groups in total. The van der Waals surface area contributed by atoms with E-state index in [4.69, 9.17) is 5.26 Å². The van der Waals surface area contributed by atoms with Gasteiger partial charge >= 0.3 is 0 Å². The third-order valence-electron chi connectivity index (χ3n) is 3.35. The van der Waals surface area contributed by atoms with E-state index < -0.39 is 20.0 Å². The smallest absolute Gasteiger partial charge is 0.240 e. The molecule has 7 nitrogen and oxygen atoms in total. The molecule has 25 heavy (non-hydrogen) atoms. The largest absolute Gasteiger partial charge is 0.268 e. The summed E-state index contributed by atoms with van der Waals surface area (Å²) in [7, 11) is -7.42. The minimum atomic E-state index is -3.74. The van der Waals surface area contributed by atoms with Crippen LogP contribution in [0.15, 0.2) is 59.5 Å². The Morgan fingerprint density at radius 3 is 2.20 bits per heavy atom. The van der Waals surface area contributed by atoms with Crippen molar-refractivity contribution in [2.45, 2.75) is 4.90 Å². The van der Waals surface area contributed by atoms with Gasteiger partial charge in [0.05, 0.1) is 22.4 Å². The van der Waals surface area contributed by atoms with Crippen molar-refractivity contribution in [2.75, 3.05) is 23.7 Å². The molecule has 0 amide bonds. The van der Waals surface area contributed by atoms with Gasteiger partial charge in [-0.25, -0.2) is 21.6 Å².